The molecule has 0 unspecified atom stereocenters. The van der Waals surface area contributed by atoms with Gasteiger partial charge in [-0.05, 0) is 85.0 Å². The molecule has 1 aliphatic rings. The number of benzene rings is 4. The first-order valence-corrected chi connectivity index (χ1v) is 13.8. The lowest BCUT2D eigenvalue weighted by atomic mass is 10.0. The van der Waals surface area contributed by atoms with Crippen molar-refractivity contribution in [3.63, 3.8) is 0 Å². The van der Waals surface area contributed by atoms with Crippen LogP contribution in [0.1, 0.15) is 24.0 Å². The first-order valence-electron chi connectivity index (χ1n) is 12.3. The van der Waals surface area contributed by atoms with Crippen molar-refractivity contribution in [2.45, 2.75) is 30.6 Å². The zero-order chi connectivity index (χ0) is 25.7. The summed E-state index contributed by atoms with van der Waals surface area (Å²) >= 11 is 0. The van der Waals surface area contributed by atoms with Crippen LogP contribution in [0.3, 0.4) is 0 Å². The van der Waals surface area contributed by atoms with Crippen molar-refractivity contribution in [3.05, 3.63) is 114 Å². The Bertz CT molecular complexity index is 1470. The second-order valence-electron chi connectivity index (χ2n) is 8.94. The minimum absolute atomic E-state index is 0.113. The summed E-state index contributed by atoms with van der Waals surface area (Å²) in [4.78, 5) is 12.7. The molecule has 0 spiro atoms. The predicted octanol–water partition coefficient (Wildman–Crippen LogP) is 6.19. The van der Waals surface area contributed by atoms with Crippen molar-refractivity contribution in [3.8, 4) is 11.5 Å². The zero-order valence-electron chi connectivity index (χ0n) is 20.3. The van der Waals surface area contributed by atoms with Crippen LogP contribution in [-0.4, -0.2) is 20.9 Å². The van der Waals surface area contributed by atoms with Crippen LogP contribution in [-0.2, 0) is 27.7 Å². The molecule has 1 N–H and O–H groups in total. The maximum Gasteiger partial charge on any atom is 0.264 e. The molecule has 1 amide bonds. The lowest BCUT2D eigenvalue weighted by Gasteiger charge is -2.30. The summed E-state index contributed by atoms with van der Waals surface area (Å²) in [6.45, 7) is 0.473. The molecule has 0 radical (unpaired) electrons. The Hall–Kier alpha value is -4.10. The number of ether oxygens (including phenoxy) is 1. The number of para-hydroxylation sites is 2. The van der Waals surface area contributed by atoms with Crippen molar-refractivity contribution in [1.29, 1.82) is 0 Å². The van der Waals surface area contributed by atoms with E-state index in [9.17, 15) is 13.2 Å². The second-order valence-corrected chi connectivity index (χ2v) is 10.8. The van der Waals surface area contributed by atoms with Crippen LogP contribution in [0.4, 0.5) is 11.4 Å². The summed E-state index contributed by atoms with van der Waals surface area (Å²) in [6, 6.07) is 31.2. The third-order valence-corrected chi connectivity index (χ3v) is 8.16. The summed E-state index contributed by atoms with van der Waals surface area (Å²) in [5, 5.41) is 2.89. The van der Waals surface area contributed by atoms with Gasteiger partial charge >= 0.3 is 0 Å². The number of nitrogens with one attached hydrogen (secondary N) is 1. The molecule has 188 valence electrons. The highest BCUT2D eigenvalue weighted by atomic mass is 32.2. The van der Waals surface area contributed by atoms with Gasteiger partial charge in [0.25, 0.3) is 10.0 Å². The quantitative estimate of drug-likeness (QED) is 0.305. The average molecular weight is 513 g/mol. The van der Waals surface area contributed by atoms with Gasteiger partial charge < -0.3 is 10.1 Å². The Morgan fingerprint density at radius 1 is 0.811 bits per heavy atom. The van der Waals surface area contributed by atoms with E-state index < -0.39 is 10.0 Å². The van der Waals surface area contributed by atoms with Gasteiger partial charge in [-0.2, -0.15) is 0 Å². The topological polar surface area (TPSA) is 75.7 Å². The van der Waals surface area contributed by atoms with Crippen molar-refractivity contribution >= 4 is 27.3 Å². The van der Waals surface area contributed by atoms with E-state index in [2.05, 4.69) is 5.32 Å². The Morgan fingerprint density at radius 3 is 2.24 bits per heavy atom. The van der Waals surface area contributed by atoms with Crippen LogP contribution in [0.25, 0.3) is 0 Å². The lowest BCUT2D eigenvalue weighted by Crippen LogP contribution is -2.35. The molecule has 37 heavy (non-hydrogen) atoms. The third kappa shape index (κ3) is 5.84. The smallest absolute Gasteiger partial charge is 0.264 e. The largest absolute Gasteiger partial charge is 0.457 e. The monoisotopic (exact) mass is 512 g/mol. The molecule has 0 saturated heterocycles. The van der Waals surface area contributed by atoms with Gasteiger partial charge in [0, 0.05) is 18.7 Å². The number of fused-ring (bicyclic) bond motifs is 1. The molecule has 4 aromatic carbocycles. The molecule has 0 atom stereocenters. The van der Waals surface area contributed by atoms with Crippen LogP contribution in [0.15, 0.2) is 108 Å². The zero-order valence-corrected chi connectivity index (χ0v) is 21.2. The summed E-state index contributed by atoms with van der Waals surface area (Å²) in [5.41, 5.74) is 3.40. The van der Waals surface area contributed by atoms with E-state index in [4.69, 9.17) is 4.74 Å². The van der Waals surface area contributed by atoms with Crippen LogP contribution in [0, 0.1) is 0 Å². The lowest BCUT2D eigenvalue weighted by molar-refractivity contribution is -0.116. The molecular formula is C30H28N2O4S. The van der Waals surface area contributed by atoms with Crippen molar-refractivity contribution in [1.82, 2.24) is 0 Å². The molecule has 7 heteroatoms. The van der Waals surface area contributed by atoms with Crippen LogP contribution in [0.2, 0.25) is 0 Å². The summed E-state index contributed by atoms with van der Waals surface area (Å²) in [6.07, 6.45) is 2.47. The number of hydrogen-bond donors (Lipinski definition) is 1. The fraction of sp³-hybridized carbons (Fsp3) is 0.167. The van der Waals surface area contributed by atoms with Gasteiger partial charge in [-0.15, -0.1) is 0 Å². The van der Waals surface area contributed by atoms with Crippen LogP contribution < -0.4 is 14.4 Å². The number of sulfonamides is 1. The molecule has 0 aliphatic carbocycles. The van der Waals surface area contributed by atoms with E-state index >= 15 is 0 Å². The van der Waals surface area contributed by atoms with Gasteiger partial charge in [0.1, 0.15) is 11.5 Å². The standard InChI is InChI=1S/C30H28N2O4S/c33-30(31-25-15-17-27(18-16-25)36-26-9-2-1-3-10-26)21-14-23-12-19-28(20-13-23)37(34,35)32-22-6-8-24-7-4-5-11-29(24)32/h1-5,7,9-13,15-20H,6,8,14,21-22H2,(H,31,33). The maximum absolute atomic E-state index is 13.3. The average Bonchev–Trinajstić information content (AvgIpc) is 2.93. The third-order valence-electron chi connectivity index (χ3n) is 6.34. The van der Waals surface area contributed by atoms with Gasteiger partial charge in [-0.1, -0.05) is 48.5 Å². The maximum atomic E-state index is 13.3. The van der Waals surface area contributed by atoms with Crippen molar-refractivity contribution < 1.29 is 17.9 Å². The predicted molar refractivity (Wildman–Crippen MR) is 146 cm³/mol. The van der Waals surface area contributed by atoms with Gasteiger partial charge in [0.2, 0.25) is 5.91 Å². The minimum Gasteiger partial charge on any atom is -0.457 e. The Morgan fingerprint density at radius 2 is 1.49 bits per heavy atom. The van der Waals surface area contributed by atoms with E-state index in [-0.39, 0.29) is 17.2 Å². The van der Waals surface area contributed by atoms with Gasteiger partial charge in [-0.25, -0.2) is 8.42 Å². The molecule has 5 rings (SSSR count). The van der Waals surface area contributed by atoms with E-state index in [1.165, 1.54) is 4.31 Å². The molecule has 4 aromatic rings. The van der Waals surface area contributed by atoms with Crippen LogP contribution in [0.5, 0.6) is 11.5 Å². The van der Waals surface area contributed by atoms with Crippen molar-refractivity contribution in [2.24, 2.45) is 0 Å². The number of nitrogens with zero attached hydrogens (tertiary/aromatic N) is 1. The summed E-state index contributed by atoms with van der Waals surface area (Å²) in [7, 11) is -3.64. The second kappa shape index (κ2) is 10.9. The van der Waals surface area contributed by atoms with Gasteiger partial charge in [0.05, 0.1) is 10.6 Å². The number of aryl methyl sites for hydroxylation is 2. The van der Waals surface area contributed by atoms with Gasteiger partial charge in [0.15, 0.2) is 0 Å². The Balaban J connectivity index is 1.16. The van der Waals surface area contributed by atoms with E-state index in [0.717, 1.165) is 35.4 Å². The fourth-order valence-corrected chi connectivity index (χ4v) is 5.96. The number of rotatable bonds is 8. The molecule has 0 aromatic heterocycles. The molecule has 0 bridgehead atoms. The number of carbonyl (C=O) groups is 1. The first kappa shape index (κ1) is 24.6. The van der Waals surface area contributed by atoms with Crippen LogP contribution >= 0.6 is 0 Å². The summed E-state index contributed by atoms with van der Waals surface area (Å²) < 4.78 is 33.9. The highest BCUT2D eigenvalue weighted by Gasteiger charge is 2.28. The highest BCUT2D eigenvalue weighted by Crippen LogP contribution is 2.32. The number of hydrogen-bond acceptors (Lipinski definition) is 4. The Labute approximate surface area is 217 Å². The first-order chi connectivity index (χ1) is 18.0. The SMILES string of the molecule is O=C(CCc1ccc(S(=O)(=O)N2CCCc3ccccc32)cc1)Nc1ccc(Oc2ccccc2)cc1. The molecule has 0 fully saturated rings. The van der Waals surface area contributed by atoms with E-state index in [1.54, 1.807) is 36.4 Å². The molecule has 0 saturated carbocycles. The van der Waals surface area contributed by atoms with E-state index in [1.807, 2.05) is 66.7 Å². The molecule has 1 aliphatic heterocycles. The van der Waals surface area contributed by atoms with Crippen molar-refractivity contribution in [2.75, 3.05) is 16.2 Å². The normalized spacial score (nSPS) is 13.0. The highest BCUT2D eigenvalue weighted by molar-refractivity contribution is 7.92. The van der Waals surface area contributed by atoms with Gasteiger partial charge in [-0.3, -0.25) is 9.10 Å². The molecule has 1 heterocycles. The minimum atomic E-state index is -3.64. The Kier molecular flexibility index (Phi) is 7.23. The fourth-order valence-electron chi connectivity index (χ4n) is 4.42. The number of amides is 1. The van der Waals surface area contributed by atoms with E-state index in [0.29, 0.717) is 24.4 Å². The molecular weight excluding hydrogens is 484 g/mol. The summed E-state index contributed by atoms with van der Waals surface area (Å²) in [5.74, 6) is 1.32. The number of anilines is 2. The number of carbonyl (C=O) groups excluding carboxylic acids is 1. The molecule has 6 nitrogen and oxygen atoms in total.